The molecule has 0 bridgehead atoms. The summed E-state index contributed by atoms with van der Waals surface area (Å²) in [7, 11) is 0. The van der Waals surface area contributed by atoms with Gasteiger partial charge in [0.25, 0.3) is 17.4 Å². The van der Waals surface area contributed by atoms with Crippen LogP contribution in [0.4, 0.5) is 11.5 Å². The summed E-state index contributed by atoms with van der Waals surface area (Å²) in [6.07, 6.45) is -2.36. The molecule has 32 heavy (non-hydrogen) atoms. The molecule has 13 heteroatoms. The average molecular weight is 444 g/mol. The molecule has 1 saturated heterocycles. The Morgan fingerprint density at radius 1 is 1.38 bits per heavy atom. The molecule has 1 aliphatic heterocycles. The average Bonchev–Trinajstić information content (AvgIpc) is 3.32. The highest BCUT2D eigenvalue weighted by Gasteiger charge is 2.48. The summed E-state index contributed by atoms with van der Waals surface area (Å²) in [6, 6.07) is 6.16. The van der Waals surface area contributed by atoms with Gasteiger partial charge in [0, 0.05) is 18.7 Å². The van der Waals surface area contributed by atoms with Crippen molar-refractivity contribution in [1.82, 2.24) is 19.9 Å². The molecule has 4 atom stereocenters. The molecular formula is C19H22N7O6+. The van der Waals surface area contributed by atoms with Gasteiger partial charge in [-0.25, -0.2) is 9.55 Å². The van der Waals surface area contributed by atoms with Crippen molar-refractivity contribution in [3.8, 4) is 0 Å². The van der Waals surface area contributed by atoms with E-state index in [0.29, 0.717) is 17.6 Å². The van der Waals surface area contributed by atoms with Gasteiger partial charge >= 0.3 is 0 Å². The summed E-state index contributed by atoms with van der Waals surface area (Å²) in [6.45, 7) is 2.30. The van der Waals surface area contributed by atoms with Gasteiger partial charge in [-0.05, 0) is 12.5 Å². The number of fused-ring (bicyclic) bond motifs is 1. The maximum Gasteiger partial charge on any atom is 0.269 e. The summed E-state index contributed by atoms with van der Waals surface area (Å²) in [5, 5.41) is 34.2. The number of anilines is 1. The van der Waals surface area contributed by atoms with Crippen LogP contribution in [0.25, 0.3) is 11.2 Å². The Bertz CT molecular complexity index is 1180. The van der Waals surface area contributed by atoms with Crippen molar-refractivity contribution in [2.24, 2.45) is 0 Å². The maximum atomic E-state index is 12.1. The summed E-state index contributed by atoms with van der Waals surface area (Å²) in [4.78, 5) is 31.2. The fourth-order valence-electron chi connectivity index (χ4n) is 3.64. The zero-order valence-electron chi connectivity index (χ0n) is 17.0. The second-order valence-electron chi connectivity index (χ2n) is 7.33. The number of non-ortho nitro benzene ring substituents is 1. The van der Waals surface area contributed by atoms with E-state index >= 15 is 0 Å². The smallest absolute Gasteiger partial charge is 0.269 e. The molecule has 3 aromatic rings. The number of nitrogens with one attached hydrogen (secondary N) is 1. The molecule has 0 spiro atoms. The molecule has 13 nitrogen and oxygen atoms in total. The predicted molar refractivity (Wildman–Crippen MR) is 109 cm³/mol. The lowest BCUT2D eigenvalue weighted by atomic mass is 10.1. The number of imidazole rings is 1. The van der Waals surface area contributed by atoms with Gasteiger partial charge in [-0.15, -0.1) is 0 Å². The summed E-state index contributed by atoms with van der Waals surface area (Å²) < 4.78 is 8.59. The number of aliphatic hydroxyl groups excluding tert-OH is 2. The Morgan fingerprint density at radius 2 is 2.16 bits per heavy atom. The maximum absolute atomic E-state index is 12.1. The lowest BCUT2D eigenvalue weighted by Gasteiger charge is -2.15. The quantitative estimate of drug-likeness (QED) is 0.211. The first-order valence-corrected chi connectivity index (χ1v) is 9.85. The number of aromatic nitrogens is 4. The van der Waals surface area contributed by atoms with Crippen LogP contribution in [-0.4, -0.2) is 60.4 Å². The lowest BCUT2D eigenvalue weighted by molar-refractivity contribution is -0.675. The van der Waals surface area contributed by atoms with E-state index in [4.69, 9.17) is 10.5 Å². The highest BCUT2D eigenvalue weighted by molar-refractivity contribution is 5.82. The zero-order chi connectivity index (χ0) is 23.0. The van der Waals surface area contributed by atoms with Crippen LogP contribution in [0.1, 0.15) is 18.7 Å². The van der Waals surface area contributed by atoms with Crippen LogP contribution in [-0.2, 0) is 16.1 Å². The van der Waals surface area contributed by atoms with E-state index in [-0.39, 0.29) is 23.7 Å². The van der Waals surface area contributed by atoms with E-state index in [9.17, 15) is 25.1 Å². The molecule has 1 amide bonds. The number of benzene rings is 1. The minimum Gasteiger partial charge on any atom is -0.387 e. The fraction of sp³-hybridized carbons (Fsp3) is 0.368. The first-order valence-electron chi connectivity index (χ1n) is 9.85. The number of rotatable bonds is 6. The SMILES string of the molecule is CCNC(=O)[C@H]1O[C@@H](n2cnc3c(N)[n+](Cc4cccc([N+](=O)[O-])c4)cnc32)[C@H](O)[C@@H]1O. The van der Waals surface area contributed by atoms with Crippen LogP contribution >= 0.6 is 0 Å². The number of aliphatic hydroxyl groups is 2. The van der Waals surface area contributed by atoms with Crippen molar-refractivity contribution in [3.63, 3.8) is 0 Å². The molecule has 1 aromatic carbocycles. The topological polar surface area (TPSA) is 183 Å². The molecule has 0 saturated carbocycles. The minimum absolute atomic E-state index is 0.0346. The van der Waals surface area contributed by atoms with Crippen molar-refractivity contribution in [1.29, 1.82) is 0 Å². The fourth-order valence-corrected chi connectivity index (χ4v) is 3.64. The van der Waals surface area contributed by atoms with Gasteiger partial charge in [0.2, 0.25) is 12.0 Å². The van der Waals surface area contributed by atoms with Crippen molar-refractivity contribution in [3.05, 3.63) is 52.6 Å². The number of likely N-dealkylation sites (N-methyl/N-ethyl adjacent to an activating group) is 1. The number of amides is 1. The van der Waals surface area contributed by atoms with Gasteiger partial charge in [0.1, 0.15) is 18.5 Å². The van der Waals surface area contributed by atoms with E-state index in [2.05, 4.69) is 15.3 Å². The highest BCUT2D eigenvalue weighted by Crippen LogP contribution is 2.32. The third-order valence-electron chi connectivity index (χ3n) is 5.24. The number of carbonyl (C=O) groups is 1. The van der Waals surface area contributed by atoms with Crippen molar-refractivity contribution < 1.29 is 29.2 Å². The molecule has 168 valence electrons. The second-order valence-corrected chi connectivity index (χ2v) is 7.33. The van der Waals surface area contributed by atoms with E-state index in [0.717, 1.165) is 0 Å². The van der Waals surface area contributed by atoms with Crippen LogP contribution in [0.5, 0.6) is 0 Å². The largest absolute Gasteiger partial charge is 0.387 e. The molecule has 0 unspecified atom stereocenters. The standard InChI is InChI=1S/C19H21N7O6/c1-2-21-18(29)15-13(27)14(28)19(32-15)25-9-22-12-16(20)24(8-23-17(12)25)7-10-4-3-5-11(6-10)26(30)31/h3-6,8-9,13-15,19-20,27-28H,2,7H2,1H3,(H,21,29)/p+1/t13-,14+,15-,19+/m0/s1. The minimum atomic E-state index is -1.43. The van der Waals surface area contributed by atoms with Crippen LogP contribution in [0.3, 0.4) is 0 Å². The normalized spacial score (nSPS) is 22.8. The van der Waals surface area contributed by atoms with Crippen LogP contribution in [0.2, 0.25) is 0 Å². The van der Waals surface area contributed by atoms with Crippen LogP contribution in [0.15, 0.2) is 36.9 Å². The molecule has 1 fully saturated rings. The van der Waals surface area contributed by atoms with Gasteiger partial charge in [-0.1, -0.05) is 17.1 Å². The lowest BCUT2D eigenvalue weighted by Crippen LogP contribution is -2.42. The number of nitro benzene ring substituents is 1. The number of nitrogens with two attached hydrogens (primary N) is 1. The monoisotopic (exact) mass is 444 g/mol. The number of carbonyl (C=O) groups excluding carboxylic acids is 1. The van der Waals surface area contributed by atoms with Crippen LogP contribution in [0, 0.1) is 10.1 Å². The van der Waals surface area contributed by atoms with Gasteiger partial charge in [0.15, 0.2) is 17.8 Å². The number of hydrogen-bond acceptors (Lipinski definition) is 9. The Morgan fingerprint density at radius 3 is 2.88 bits per heavy atom. The van der Waals surface area contributed by atoms with Gasteiger partial charge in [0.05, 0.1) is 11.5 Å². The molecule has 0 radical (unpaired) electrons. The molecule has 4 rings (SSSR count). The van der Waals surface area contributed by atoms with Crippen molar-refractivity contribution >= 4 is 28.6 Å². The van der Waals surface area contributed by atoms with E-state index in [1.54, 1.807) is 23.6 Å². The van der Waals surface area contributed by atoms with Gasteiger partial charge in [-0.3, -0.25) is 19.5 Å². The Balaban J connectivity index is 1.63. The zero-order valence-corrected chi connectivity index (χ0v) is 17.0. The first-order chi connectivity index (χ1) is 15.3. The Labute approximate surface area is 181 Å². The summed E-state index contributed by atoms with van der Waals surface area (Å²) in [5.41, 5.74) is 7.46. The van der Waals surface area contributed by atoms with Crippen LogP contribution < -0.4 is 15.6 Å². The van der Waals surface area contributed by atoms with E-state index < -0.39 is 35.4 Å². The second kappa shape index (κ2) is 8.45. The van der Waals surface area contributed by atoms with E-state index in [1.165, 1.54) is 29.4 Å². The third-order valence-corrected chi connectivity index (χ3v) is 5.24. The molecule has 1 aliphatic rings. The Kier molecular flexibility index (Phi) is 5.69. The third kappa shape index (κ3) is 3.72. The number of ether oxygens (including phenoxy) is 1. The number of nitrogen functional groups attached to an aromatic ring is 1. The summed E-state index contributed by atoms with van der Waals surface area (Å²) in [5.74, 6) is -0.290. The van der Waals surface area contributed by atoms with Gasteiger partial charge < -0.3 is 26.0 Å². The highest BCUT2D eigenvalue weighted by atomic mass is 16.6. The summed E-state index contributed by atoms with van der Waals surface area (Å²) >= 11 is 0. The predicted octanol–water partition coefficient (Wildman–Crippen LogP) is -0.987. The number of nitro groups is 1. The molecular weight excluding hydrogens is 422 g/mol. The molecule has 3 heterocycles. The molecule has 5 N–H and O–H groups in total. The number of hydrogen-bond donors (Lipinski definition) is 4. The first kappa shape index (κ1) is 21.5. The molecule has 2 aromatic heterocycles. The Hall–Kier alpha value is -3.68. The molecule has 0 aliphatic carbocycles. The number of nitrogens with zero attached hydrogens (tertiary/aromatic N) is 5. The van der Waals surface area contributed by atoms with Gasteiger partial charge in [-0.2, -0.15) is 0 Å². The van der Waals surface area contributed by atoms with E-state index in [1.807, 2.05) is 0 Å². The van der Waals surface area contributed by atoms with Crippen molar-refractivity contribution in [2.45, 2.75) is 38.0 Å². The van der Waals surface area contributed by atoms with Crippen molar-refractivity contribution in [2.75, 3.05) is 12.3 Å².